The number of nitrogens with zero attached hydrogens (tertiary/aromatic N) is 2. The van der Waals surface area contributed by atoms with Gasteiger partial charge in [0.2, 0.25) is 5.91 Å². The Morgan fingerprint density at radius 2 is 2.10 bits per heavy atom. The van der Waals surface area contributed by atoms with Crippen LogP contribution in [0.25, 0.3) is 0 Å². The maximum Gasteiger partial charge on any atom is 0.227 e. The summed E-state index contributed by atoms with van der Waals surface area (Å²) in [5.41, 5.74) is 0.852. The van der Waals surface area contributed by atoms with Gasteiger partial charge in [0, 0.05) is 43.1 Å². The second kappa shape index (κ2) is 9.18. The molecule has 0 unspecified atom stereocenters. The molecule has 1 aromatic heterocycles. The summed E-state index contributed by atoms with van der Waals surface area (Å²) in [6.07, 6.45) is 5.89. The van der Waals surface area contributed by atoms with Crippen LogP contribution in [-0.2, 0) is 27.3 Å². The van der Waals surface area contributed by atoms with Crippen molar-refractivity contribution < 1.29 is 23.0 Å². The molecular weight excluding hydrogens is 390 g/mol. The molecule has 1 aromatic carbocycles. The number of likely N-dealkylation sites (tertiary alicyclic amines) is 1. The van der Waals surface area contributed by atoms with Gasteiger partial charge in [-0.3, -0.25) is 9.78 Å². The van der Waals surface area contributed by atoms with Crippen LogP contribution in [0.15, 0.2) is 42.7 Å². The zero-order chi connectivity index (χ0) is 21.0. The van der Waals surface area contributed by atoms with Crippen molar-refractivity contribution in [3.05, 3.63) is 65.5 Å². The summed E-state index contributed by atoms with van der Waals surface area (Å²) in [5.74, 6) is -2.07. The standard InChI is InChI=1S/C23H26F2N2O3/c24-19-4-1-3-18(22(19)25)13-21(28)27-11-7-20-23(15-27,8-2-12-30-20)16-29-14-17-5-9-26-10-6-17/h1,3-6,9-10,20H,2,7-8,11-16H2/t20-,23+/m1/s1. The molecular formula is C23H26F2N2O3. The predicted molar refractivity (Wildman–Crippen MR) is 107 cm³/mol. The van der Waals surface area contributed by atoms with Crippen LogP contribution in [0.2, 0.25) is 0 Å². The number of ether oxygens (including phenoxy) is 2. The number of carbonyl (C=O) groups is 1. The number of carbonyl (C=O) groups excluding carboxylic acids is 1. The molecule has 0 radical (unpaired) electrons. The first-order valence-corrected chi connectivity index (χ1v) is 10.4. The lowest BCUT2D eigenvalue weighted by molar-refractivity contribution is -0.165. The van der Waals surface area contributed by atoms with E-state index in [1.54, 1.807) is 17.3 Å². The minimum atomic E-state index is -0.947. The normalized spacial score (nSPS) is 23.8. The number of amides is 1. The van der Waals surface area contributed by atoms with E-state index >= 15 is 0 Å². The van der Waals surface area contributed by atoms with Gasteiger partial charge in [-0.1, -0.05) is 12.1 Å². The van der Waals surface area contributed by atoms with E-state index < -0.39 is 11.6 Å². The van der Waals surface area contributed by atoms with Crippen LogP contribution in [0.5, 0.6) is 0 Å². The summed E-state index contributed by atoms with van der Waals surface area (Å²) in [5, 5.41) is 0. The summed E-state index contributed by atoms with van der Waals surface area (Å²) in [6, 6.07) is 7.77. The molecule has 2 aliphatic heterocycles. The zero-order valence-electron chi connectivity index (χ0n) is 16.9. The first kappa shape index (κ1) is 20.9. The van der Waals surface area contributed by atoms with Gasteiger partial charge in [0.25, 0.3) is 0 Å². The van der Waals surface area contributed by atoms with Crippen molar-refractivity contribution in [1.29, 1.82) is 0 Å². The van der Waals surface area contributed by atoms with Crippen LogP contribution in [0.1, 0.15) is 30.4 Å². The van der Waals surface area contributed by atoms with Gasteiger partial charge < -0.3 is 14.4 Å². The van der Waals surface area contributed by atoms with Gasteiger partial charge in [0.05, 0.1) is 25.7 Å². The maximum absolute atomic E-state index is 14.0. The van der Waals surface area contributed by atoms with E-state index in [4.69, 9.17) is 9.47 Å². The number of benzene rings is 1. The summed E-state index contributed by atoms with van der Waals surface area (Å²) in [6.45, 7) is 2.73. The largest absolute Gasteiger partial charge is 0.377 e. The molecule has 2 saturated heterocycles. The molecule has 7 heteroatoms. The number of hydrogen-bond acceptors (Lipinski definition) is 4. The van der Waals surface area contributed by atoms with Gasteiger partial charge in [0.1, 0.15) is 0 Å². The minimum Gasteiger partial charge on any atom is -0.377 e. The van der Waals surface area contributed by atoms with Crippen molar-refractivity contribution in [2.75, 3.05) is 26.3 Å². The lowest BCUT2D eigenvalue weighted by atomic mass is 9.73. The fourth-order valence-electron chi connectivity index (χ4n) is 4.52. The van der Waals surface area contributed by atoms with Gasteiger partial charge in [0.15, 0.2) is 11.6 Å². The van der Waals surface area contributed by atoms with E-state index in [1.165, 1.54) is 12.1 Å². The third kappa shape index (κ3) is 4.52. The first-order valence-electron chi connectivity index (χ1n) is 10.4. The molecule has 0 saturated carbocycles. The van der Waals surface area contributed by atoms with Crippen LogP contribution in [-0.4, -0.2) is 48.2 Å². The Hall–Kier alpha value is -2.38. The molecule has 0 aliphatic carbocycles. The summed E-state index contributed by atoms with van der Waals surface area (Å²) < 4.78 is 39.6. The van der Waals surface area contributed by atoms with Crippen molar-refractivity contribution in [3.63, 3.8) is 0 Å². The van der Waals surface area contributed by atoms with Gasteiger partial charge in [-0.15, -0.1) is 0 Å². The molecule has 1 amide bonds. The Morgan fingerprint density at radius 1 is 1.27 bits per heavy atom. The van der Waals surface area contributed by atoms with E-state index in [1.807, 2.05) is 12.1 Å². The molecule has 2 atom stereocenters. The van der Waals surface area contributed by atoms with Crippen LogP contribution in [0.3, 0.4) is 0 Å². The molecule has 2 aliphatic rings. The average molecular weight is 416 g/mol. The molecule has 3 heterocycles. The lowest BCUT2D eigenvalue weighted by Crippen LogP contribution is -2.58. The second-order valence-corrected chi connectivity index (χ2v) is 8.17. The molecule has 0 spiro atoms. The number of rotatable bonds is 6. The SMILES string of the molecule is O=C(Cc1cccc(F)c1F)N1CC[C@H]2OCCC[C@@]2(COCc2ccncc2)C1. The summed E-state index contributed by atoms with van der Waals surface area (Å²) in [4.78, 5) is 18.7. The molecule has 160 valence electrons. The second-order valence-electron chi connectivity index (χ2n) is 8.17. The number of hydrogen-bond donors (Lipinski definition) is 0. The van der Waals surface area contributed by atoms with Crippen molar-refractivity contribution >= 4 is 5.91 Å². The van der Waals surface area contributed by atoms with E-state index in [0.717, 1.165) is 37.5 Å². The van der Waals surface area contributed by atoms with Crippen molar-refractivity contribution in [2.24, 2.45) is 5.41 Å². The summed E-state index contributed by atoms with van der Waals surface area (Å²) >= 11 is 0. The van der Waals surface area contributed by atoms with E-state index in [2.05, 4.69) is 4.98 Å². The first-order chi connectivity index (χ1) is 14.6. The molecule has 0 N–H and O–H groups in total. The highest BCUT2D eigenvalue weighted by Gasteiger charge is 2.47. The molecule has 4 rings (SSSR count). The van der Waals surface area contributed by atoms with Crippen molar-refractivity contribution in [2.45, 2.75) is 38.4 Å². The lowest BCUT2D eigenvalue weighted by Gasteiger charge is -2.50. The Bertz CT molecular complexity index is 880. The Labute approximate surface area is 175 Å². The van der Waals surface area contributed by atoms with Gasteiger partial charge in [-0.2, -0.15) is 0 Å². The Kier molecular flexibility index (Phi) is 6.39. The van der Waals surface area contributed by atoms with Gasteiger partial charge >= 0.3 is 0 Å². The fourth-order valence-corrected chi connectivity index (χ4v) is 4.52. The highest BCUT2D eigenvalue weighted by Crippen LogP contribution is 2.40. The van der Waals surface area contributed by atoms with Gasteiger partial charge in [-0.05, 0) is 43.0 Å². The molecule has 30 heavy (non-hydrogen) atoms. The Balaban J connectivity index is 1.43. The number of fused-ring (bicyclic) bond motifs is 1. The van der Waals surface area contributed by atoms with Crippen LogP contribution >= 0.6 is 0 Å². The number of halogens is 2. The molecule has 2 fully saturated rings. The summed E-state index contributed by atoms with van der Waals surface area (Å²) in [7, 11) is 0. The highest BCUT2D eigenvalue weighted by atomic mass is 19.2. The minimum absolute atomic E-state index is 0.0404. The van der Waals surface area contributed by atoms with Crippen molar-refractivity contribution in [3.8, 4) is 0 Å². The molecule has 0 bridgehead atoms. The average Bonchev–Trinajstić information content (AvgIpc) is 2.77. The number of piperidine rings is 1. The van der Waals surface area contributed by atoms with Crippen LogP contribution < -0.4 is 0 Å². The van der Waals surface area contributed by atoms with Crippen LogP contribution in [0.4, 0.5) is 8.78 Å². The predicted octanol–water partition coefficient (Wildman–Crippen LogP) is 3.52. The third-order valence-electron chi connectivity index (χ3n) is 6.12. The van der Waals surface area contributed by atoms with Gasteiger partial charge in [-0.25, -0.2) is 8.78 Å². The van der Waals surface area contributed by atoms with Crippen molar-refractivity contribution in [1.82, 2.24) is 9.88 Å². The molecule has 2 aromatic rings. The smallest absolute Gasteiger partial charge is 0.227 e. The van der Waals surface area contributed by atoms with E-state index in [9.17, 15) is 13.6 Å². The van der Waals surface area contributed by atoms with E-state index in [0.29, 0.717) is 26.3 Å². The number of pyridine rings is 1. The fraction of sp³-hybridized carbons (Fsp3) is 0.478. The number of aromatic nitrogens is 1. The Morgan fingerprint density at radius 3 is 2.93 bits per heavy atom. The third-order valence-corrected chi connectivity index (χ3v) is 6.12. The quantitative estimate of drug-likeness (QED) is 0.723. The topological polar surface area (TPSA) is 51.7 Å². The molecule has 5 nitrogen and oxygen atoms in total. The zero-order valence-corrected chi connectivity index (χ0v) is 16.9. The highest BCUT2D eigenvalue weighted by molar-refractivity contribution is 5.79. The maximum atomic E-state index is 14.0. The van der Waals surface area contributed by atoms with Crippen LogP contribution in [0, 0.1) is 17.0 Å². The van der Waals surface area contributed by atoms with E-state index in [-0.39, 0.29) is 29.4 Å². The monoisotopic (exact) mass is 416 g/mol.